The van der Waals surface area contributed by atoms with Crippen LogP contribution in [-0.2, 0) is 9.53 Å². The van der Waals surface area contributed by atoms with E-state index in [4.69, 9.17) is 9.84 Å². The van der Waals surface area contributed by atoms with Gasteiger partial charge in [0.1, 0.15) is 6.54 Å². The summed E-state index contributed by atoms with van der Waals surface area (Å²) in [5.74, 6) is -0.760. The number of allylic oxidation sites excluding steroid dienone is 1. The first kappa shape index (κ1) is 17.4. The quantitative estimate of drug-likeness (QED) is 0.401. The molecule has 0 aromatic carbocycles. The van der Waals surface area contributed by atoms with Crippen LogP contribution in [0.15, 0.2) is 16.4 Å². The maximum atomic E-state index is 10.6. The molecule has 0 aromatic rings. The Labute approximate surface area is 122 Å². The molecule has 8 heteroatoms. The van der Waals surface area contributed by atoms with Crippen LogP contribution in [0.25, 0.3) is 0 Å². The van der Waals surface area contributed by atoms with Gasteiger partial charge in [0.15, 0.2) is 5.76 Å². The third-order valence-electron chi connectivity index (χ3n) is 3.05. The predicted octanol–water partition coefficient (Wildman–Crippen LogP) is -1.14. The number of carboxylic acid groups (broad SMARTS) is 1. The van der Waals surface area contributed by atoms with Gasteiger partial charge in [-0.2, -0.15) is 0 Å². The van der Waals surface area contributed by atoms with Gasteiger partial charge in [-0.1, -0.05) is 0 Å². The van der Waals surface area contributed by atoms with Crippen molar-refractivity contribution in [2.75, 3.05) is 26.8 Å². The van der Waals surface area contributed by atoms with E-state index in [1.807, 2.05) is 0 Å². The van der Waals surface area contributed by atoms with Gasteiger partial charge in [-0.3, -0.25) is 9.79 Å². The first-order valence-corrected chi connectivity index (χ1v) is 6.59. The average Bonchev–Trinajstić information content (AvgIpc) is 2.42. The number of aliphatic carboxylic acids is 1. The van der Waals surface area contributed by atoms with Gasteiger partial charge < -0.3 is 30.5 Å². The van der Waals surface area contributed by atoms with Crippen LogP contribution in [0.5, 0.6) is 0 Å². The van der Waals surface area contributed by atoms with Gasteiger partial charge in [-0.05, 0) is 6.92 Å². The average molecular weight is 302 g/mol. The van der Waals surface area contributed by atoms with E-state index in [9.17, 15) is 20.1 Å². The highest BCUT2D eigenvalue weighted by molar-refractivity contribution is 6.01. The Hall–Kier alpha value is -1.64. The van der Waals surface area contributed by atoms with Crippen LogP contribution < -0.4 is 5.32 Å². The number of nitrogens with one attached hydrogen (secondary N) is 1. The van der Waals surface area contributed by atoms with Gasteiger partial charge in [0.2, 0.25) is 0 Å². The highest BCUT2D eigenvalue weighted by atomic mass is 16.5. The molecule has 21 heavy (non-hydrogen) atoms. The van der Waals surface area contributed by atoms with Gasteiger partial charge >= 0.3 is 5.97 Å². The van der Waals surface area contributed by atoms with Crippen molar-refractivity contribution in [2.24, 2.45) is 4.99 Å². The van der Waals surface area contributed by atoms with Crippen molar-refractivity contribution in [3.8, 4) is 0 Å². The standard InChI is InChI=1S/C13H22N2O6/c1-8(17)5-14-9-3-13(20,7-16)4-10(12(9)21-2)15-6-11(18)19/h8,14,16-17,20H,3-7H2,1-2H3,(H,18,19)/t8-,13+/m0/s1. The topological polar surface area (TPSA) is 132 Å². The monoisotopic (exact) mass is 302 g/mol. The molecule has 0 radical (unpaired) electrons. The lowest BCUT2D eigenvalue weighted by Crippen LogP contribution is -2.44. The zero-order valence-corrected chi connectivity index (χ0v) is 12.2. The number of nitrogens with zero attached hydrogens (tertiary/aromatic N) is 1. The van der Waals surface area contributed by atoms with E-state index in [1.54, 1.807) is 6.92 Å². The van der Waals surface area contributed by atoms with E-state index in [0.717, 1.165) is 0 Å². The maximum Gasteiger partial charge on any atom is 0.325 e. The van der Waals surface area contributed by atoms with Gasteiger partial charge in [-0.25, -0.2) is 0 Å². The SMILES string of the molecule is COC1=C(NC[C@H](C)O)C[C@](O)(CO)CC1=NCC(=O)O. The second kappa shape index (κ2) is 7.39. The summed E-state index contributed by atoms with van der Waals surface area (Å²) >= 11 is 0. The van der Waals surface area contributed by atoms with E-state index in [0.29, 0.717) is 11.5 Å². The molecule has 0 spiro atoms. The second-order valence-electron chi connectivity index (χ2n) is 5.13. The van der Waals surface area contributed by atoms with E-state index < -0.39 is 30.8 Å². The summed E-state index contributed by atoms with van der Waals surface area (Å²) in [6.07, 6.45) is -0.509. The number of aliphatic hydroxyl groups excluding tert-OH is 2. The fourth-order valence-corrected chi connectivity index (χ4v) is 2.10. The lowest BCUT2D eigenvalue weighted by Gasteiger charge is -2.34. The highest BCUT2D eigenvalue weighted by Gasteiger charge is 2.37. The zero-order chi connectivity index (χ0) is 16.0. The number of rotatable bonds is 7. The van der Waals surface area contributed by atoms with Crippen molar-refractivity contribution in [1.29, 1.82) is 0 Å². The first-order valence-electron chi connectivity index (χ1n) is 6.59. The molecule has 0 aromatic heterocycles. The molecule has 8 nitrogen and oxygen atoms in total. The number of methoxy groups -OCH3 is 1. The fraction of sp³-hybridized carbons (Fsp3) is 0.692. The van der Waals surface area contributed by atoms with Crippen LogP contribution in [0.3, 0.4) is 0 Å². The molecule has 1 rings (SSSR count). The number of carbonyl (C=O) groups is 1. The Morgan fingerprint density at radius 3 is 2.67 bits per heavy atom. The zero-order valence-electron chi connectivity index (χ0n) is 12.2. The minimum Gasteiger partial charge on any atom is -0.493 e. The summed E-state index contributed by atoms with van der Waals surface area (Å²) in [7, 11) is 1.42. The van der Waals surface area contributed by atoms with Gasteiger partial charge in [0, 0.05) is 19.4 Å². The van der Waals surface area contributed by atoms with Crippen LogP contribution in [0.1, 0.15) is 19.8 Å². The third-order valence-corrected chi connectivity index (χ3v) is 3.05. The molecule has 0 unspecified atom stereocenters. The maximum absolute atomic E-state index is 10.6. The predicted molar refractivity (Wildman–Crippen MR) is 74.9 cm³/mol. The summed E-state index contributed by atoms with van der Waals surface area (Å²) in [4.78, 5) is 14.6. The molecule has 0 aliphatic heterocycles. The van der Waals surface area contributed by atoms with E-state index in [2.05, 4.69) is 10.3 Å². The van der Waals surface area contributed by atoms with Crippen molar-refractivity contribution < 1.29 is 30.0 Å². The number of aliphatic hydroxyl groups is 3. The summed E-state index contributed by atoms with van der Waals surface area (Å²) < 4.78 is 5.24. The molecular weight excluding hydrogens is 280 g/mol. The molecule has 1 aliphatic carbocycles. The third kappa shape index (κ3) is 5.00. The summed E-state index contributed by atoms with van der Waals surface area (Å²) in [5, 5.41) is 40.6. The van der Waals surface area contributed by atoms with Crippen molar-refractivity contribution in [3.05, 3.63) is 11.5 Å². The smallest absolute Gasteiger partial charge is 0.325 e. The van der Waals surface area contributed by atoms with Crippen molar-refractivity contribution in [3.63, 3.8) is 0 Å². The summed E-state index contributed by atoms with van der Waals surface area (Å²) in [6.45, 7) is 0.889. The van der Waals surface area contributed by atoms with Crippen LogP contribution >= 0.6 is 0 Å². The Morgan fingerprint density at radius 2 is 2.19 bits per heavy atom. The van der Waals surface area contributed by atoms with E-state index in [1.165, 1.54) is 7.11 Å². The summed E-state index contributed by atoms with van der Waals surface area (Å²) in [5.41, 5.74) is -0.679. The lowest BCUT2D eigenvalue weighted by atomic mass is 9.85. The molecule has 0 amide bonds. The molecule has 1 aliphatic rings. The largest absolute Gasteiger partial charge is 0.493 e. The Morgan fingerprint density at radius 1 is 1.52 bits per heavy atom. The summed E-state index contributed by atoms with van der Waals surface area (Å²) in [6, 6.07) is 0. The molecule has 0 saturated heterocycles. The molecule has 0 bridgehead atoms. The van der Waals surface area contributed by atoms with Crippen LogP contribution in [0.4, 0.5) is 0 Å². The molecule has 120 valence electrons. The highest BCUT2D eigenvalue weighted by Crippen LogP contribution is 2.30. The number of carboxylic acids is 1. The van der Waals surface area contributed by atoms with Gasteiger partial charge in [0.05, 0.1) is 36.8 Å². The number of ether oxygens (including phenoxy) is 1. The minimum absolute atomic E-state index is 0.000187. The molecule has 5 N–H and O–H groups in total. The second-order valence-corrected chi connectivity index (χ2v) is 5.13. The van der Waals surface area contributed by atoms with Gasteiger partial charge in [-0.15, -0.1) is 0 Å². The van der Waals surface area contributed by atoms with E-state index in [-0.39, 0.29) is 25.1 Å². The molecular formula is C13H22N2O6. The van der Waals surface area contributed by atoms with Crippen LogP contribution in [0.2, 0.25) is 0 Å². The molecule has 0 heterocycles. The number of hydrogen-bond acceptors (Lipinski definition) is 7. The van der Waals surface area contributed by atoms with Crippen molar-refractivity contribution in [2.45, 2.75) is 31.5 Å². The normalized spacial score (nSPS) is 25.9. The molecule has 0 fully saturated rings. The Bertz CT molecular complexity index is 446. The van der Waals surface area contributed by atoms with Crippen molar-refractivity contribution >= 4 is 11.7 Å². The fourth-order valence-electron chi connectivity index (χ4n) is 2.10. The molecule has 2 atom stereocenters. The van der Waals surface area contributed by atoms with Gasteiger partial charge in [0.25, 0.3) is 0 Å². The van der Waals surface area contributed by atoms with Crippen molar-refractivity contribution in [1.82, 2.24) is 5.32 Å². The van der Waals surface area contributed by atoms with Crippen LogP contribution in [-0.4, -0.2) is 70.6 Å². The Kier molecular flexibility index (Phi) is 6.13. The first-order chi connectivity index (χ1) is 9.81. The Balaban J connectivity index is 3.10. The minimum atomic E-state index is -1.43. The number of hydrogen-bond donors (Lipinski definition) is 5. The van der Waals surface area contributed by atoms with E-state index >= 15 is 0 Å². The number of aliphatic imine (C=N–C) groups is 1. The molecule has 0 saturated carbocycles. The lowest BCUT2D eigenvalue weighted by molar-refractivity contribution is -0.135. The van der Waals surface area contributed by atoms with Crippen LogP contribution in [0, 0.1) is 0 Å².